The maximum absolute atomic E-state index is 5.76. The van der Waals surface area contributed by atoms with Gasteiger partial charge >= 0.3 is 6.00 Å². The van der Waals surface area contributed by atoms with Crippen molar-refractivity contribution in [2.45, 2.75) is 6.04 Å². The van der Waals surface area contributed by atoms with Crippen molar-refractivity contribution in [2.24, 2.45) is 0 Å². The summed E-state index contributed by atoms with van der Waals surface area (Å²) in [6.07, 6.45) is 0. The lowest BCUT2D eigenvalue weighted by atomic mass is 10.6. The first-order valence-corrected chi connectivity index (χ1v) is 17.1. The molecule has 10 nitrogen and oxygen atoms in total. The van der Waals surface area contributed by atoms with Gasteiger partial charge in [-0.05, 0) is 0 Å². The summed E-state index contributed by atoms with van der Waals surface area (Å²) >= 11 is 17.3. The fourth-order valence-electron chi connectivity index (χ4n) is 2.19. The van der Waals surface area contributed by atoms with Gasteiger partial charge in [0.2, 0.25) is 0 Å². The van der Waals surface area contributed by atoms with Crippen LogP contribution in [-0.4, -0.2) is 139 Å². The van der Waals surface area contributed by atoms with Gasteiger partial charge in [0.25, 0.3) is 0 Å². The minimum Gasteiger partial charge on any atom is -0.382 e. The van der Waals surface area contributed by atoms with E-state index in [1.807, 2.05) is 0 Å². The summed E-state index contributed by atoms with van der Waals surface area (Å²) in [4.78, 5) is 0. The van der Waals surface area contributed by atoms with Crippen molar-refractivity contribution < 1.29 is 47.4 Å². The van der Waals surface area contributed by atoms with Crippen LogP contribution in [0.4, 0.5) is 0 Å². The predicted molar refractivity (Wildman–Crippen MR) is 137 cm³/mol. The van der Waals surface area contributed by atoms with Crippen LogP contribution in [-0.2, 0) is 47.4 Å². The average molecular weight is 590 g/mol. The lowest BCUT2D eigenvalue weighted by molar-refractivity contribution is -0.0257. The molecular formula is C21H43Cl3O10Si. The van der Waals surface area contributed by atoms with E-state index in [4.69, 9.17) is 80.6 Å². The van der Waals surface area contributed by atoms with E-state index in [0.29, 0.717) is 132 Å². The third-order valence-corrected chi connectivity index (χ3v) is 6.41. The fourth-order valence-corrected chi connectivity index (χ4v) is 3.26. The predicted octanol–water partition coefficient (Wildman–Crippen LogP) is 2.44. The molecule has 0 aliphatic carbocycles. The van der Waals surface area contributed by atoms with Crippen LogP contribution in [0.5, 0.6) is 0 Å². The molecule has 0 heterocycles. The van der Waals surface area contributed by atoms with Crippen molar-refractivity contribution in [1.82, 2.24) is 0 Å². The van der Waals surface area contributed by atoms with Crippen LogP contribution in [0, 0.1) is 0 Å². The highest BCUT2D eigenvalue weighted by Crippen LogP contribution is 2.24. The van der Waals surface area contributed by atoms with Crippen LogP contribution in [0.3, 0.4) is 0 Å². The zero-order valence-electron chi connectivity index (χ0n) is 20.9. The van der Waals surface area contributed by atoms with Crippen LogP contribution in [0.25, 0.3) is 0 Å². The molecule has 0 atom stereocenters. The van der Waals surface area contributed by atoms with Gasteiger partial charge in [0.05, 0.1) is 119 Å². The van der Waals surface area contributed by atoms with E-state index in [2.05, 4.69) is 0 Å². The third-order valence-electron chi connectivity index (χ3n) is 3.94. The number of hydrogen-bond donors (Lipinski definition) is 0. The first-order valence-electron chi connectivity index (χ1n) is 11.8. The SMILES string of the molecule is COCCOCCOCCOCCOCCOCCOCCOCCOCCOCC[Si](Cl)(Cl)Cl. The summed E-state index contributed by atoms with van der Waals surface area (Å²) in [6, 6.07) is -2.10. The zero-order chi connectivity index (χ0) is 25.7. The third kappa shape index (κ3) is 34.7. The van der Waals surface area contributed by atoms with Crippen molar-refractivity contribution in [2.75, 3.05) is 133 Å². The second kappa shape index (κ2) is 29.2. The van der Waals surface area contributed by atoms with Crippen molar-refractivity contribution in [1.29, 1.82) is 0 Å². The van der Waals surface area contributed by atoms with E-state index in [1.165, 1.54) is 0 Å². The quantitative estimate of drug-likeness (QED) is 0.0707. The molecule has 0 unspecified atom stereocenters. The maximum atomic E-state index is 5.76. The first-order chi connectivity index (χ1) is 17.1. The Balaban J connectivity index is 3.03. The second-order valence-corrected chi connectivity index (χ2v) is 16.1. The molecule has 0 rings (SSSR count). The Kier molecular flexibility index (Phi) is 29.8. The Labute approximate surface area is 225 Å². The molecule has 212 valence electrons. The van der Waals surface area contributed by atoms with Gasteiger partial charge < -0.3 is 47.4 Å². The molecule has 0 aromatic heterocycles. The molecule has 0 fully saturated rings. The Morgan fingerprint density at radius 2 is 0.543 bits per heavy atom. The molecule has 0 aliphatic heterocycles. The Morgan fingerprint density at radius 1 is 0.343 bits per heavy atom. The molecule has 0 amide bonds. The largest absolute Gasteiger partial charge is 0.382 e. The van der Waals surface area contributed by atoms with Gasteiger partial charge in [-0.3, -0.25) is 0 Å². The summed E-state index contributed by atoms with van der Waals surface area (Å²) in [6.45, 7) is 9.84. The van der Waals surface area contributed by atoms with Crippen LogP contribution in [0.15, 0.2) is 0 Å². The molecule has 0 bridgehead atoms. The van der Waals surface area contributed by atoms with E-state index in [9.17, 15) is 0 Å². The van der Waals surface area contributed by atoms with E-state index in [1.54, 1.807) is 7.11 Å². The van der Waals surface area contributed by atoms with E-state index in [-0.39, 0.29) is 0 Å². The number of halogens is 3. The van der Waals surface area contributed by atoms with Gasteiger partial charge in [-0.15, -0.1) is 33.2 Å². The van der Waals surface area contributed by atoms with E-state index in [0.717, 1.165) is 0 Å². The lowest BCUT2D eigenvalue weighted by Crippen LogP contribution is -2.16. The van der Waals surface area contributed by atoms with Crippen LogP contribution in [0.1, 0.15) is 0 Å². The lowest BCUT2D eigenvalue weighted by Gasteiger charge is -2.09. The number of hydrogen-bond acceptors (Lipinski definition) is 10. The Bertz CT molecular complexity index is 412. The minimum absolute atomic E-state index is 0.440. The van der Waals surface area contributed by atoms with Gasteiger partial charge in [-0.25, -0.2) is 0 Å². The Hall–Kier alpha value is 0.687. The molecule has 0 saturated carbocycles. The highest BCUT2D eigenvalue weighted by atomic mass is 35.8. The molecule has 0 spiro atoms. The van der Waals surface area contributed by atoms with Gasteiger partial charge in [-0.1, -0.05) is 0 Å². The number of ether oxygens (including phenoxy) is 10. The van der Waals surface area contributed by atoms with Crippen molar-refractivity contribution in [3.63, 3.8) is 0 Å². The molecule has 35 heavy (non-hydrogen) atoms. The van der Waals surface area contributed by atoms with Crippen molar-refractivity contribution in [3.05, 3.63) is 0 Å². The molecule has 0 aromatic carbocycles. The summed E-state index contributed by atoms with van der Waals surface area (Å²) in [5.74, 6) is 0. The summed E-state index contributed by atoms with van der Waals surface area (Å²) in [5, 5.41) is 0. The van der Waals surface area contributed by atoms with Crippen LogP contribution < -0.4 is 0 Å². The molecular weight excluding hydrogens is 547 g/mol. The molecule has 14 heteroatoms. The monoisotopic (exact) mass is 588 g/mol. The first kappa shape index (κ1) is 35.7. The molecule has 0 saturated heterocycles. The highest BCUT2D eigenvalue weighted by Gasteiger charge is 2.23. The summed E-state index contributed by atoms with van der Waals surface area (Å²) in [7, 11) is 1.64. The van der Waals surface area contributed by atoms with Gasteiger partial charge in [-0.2, -0.15) is 0 Å². The van der Waals surface area contributed by atoms with Crippen molar-refractivity contribution in [3.8, 4) is 0 Å². The number of rotatable bonds is 30. The fraction of sp³-hybridized carbons (Fsp3) is 1.00. The topological polar surface area (TPSA) is 92.3 Å². The van der Waals surface area contributed by atoms with Gasteiger partial charge in [0.15, 0.2) is 0 Å². The highest BCUT2D eigenvalue weighted by molar-refractivity contribution is 7.64. The van der Waals surface area contributed by atoms with Gasteiger partial charge in [0.1, 0.15) is 0 Å². The summed E-state index contributed by atoms with van der Waals surface area (Å²) in [5.41, 5.74) is 0. The zero-order valence-corrected chi connectivity index (χ0v) is 24.1. The summed E-state index contributed by atoms with van der Waals surface area (Å²) < 4.78 is 53.4. The molecule has 0 aliphatic rings. The molecule has 0 radical (unpaired) electrons. The van der Waals surface area contributed by atoms with Crippen LogP contribution in [0.2, 0.25) is 6.04 Å². The minimum atomic E-state index is -2.59. The normalized spacial score (nSPS) is 12.0. The number of methoxy groups -OCH3 is 1. The smallest absolute Gasteiger partial charge is 0.343 e. The van der Waals surface area contributed by atoms with Gasteiger partial charge in [0, 0.05) is 19.8 Å². The molecule has 0 aromatic rings. The van der Waals surface area contributed by atoms with Crippen molar-refractivity contribution >= 4 is 39.2 Å². The van der Waals surface area contributed by atoms with E-state index < -0.39 is 6.00 Å². The van der Waals surface area contributed by atoms with E-state index >= 15 is 0 Å². The average Bonchev–Trinajstić information content (AvgIpc) is 2.82. The Morgan fingerprint density at radius 3 is 0.743 bits per heavy atom. The van der Waals surface area contributed by atoms with Crippen LogP contribution >= 0.6 is 33.2 Å². The second-order valence-electron chi connectivity index (χ2n) is 6.87. The standard InChI is InChI=1S/C21H43Cl3O10Si/c1-25-2-3-26-4-5-27-6-7-28-8-9-29-10-11-30-12-13-31-14-15-32-16-17-33-18-19-34-20-21-35(22,23)24/h2-21H2,1H3. The molecule has 0 N–H and O–H groups in total. The maximum Gasteiger partial charge on any atom is 0.343 e.